The van der Waals surface area contributed by atoms with E-state index in [0.29, 0.717) is 13.1 Å². The van der Waals surface area contributed by atoms with E-state index in [-0.39, 0.29) is 18.2 Å². The average Bonchev–Trinajstić information content (AvgIpc) is 2.48. The van der Waals surface area contributed by atoms with Crippen molar-refractivity contribution in [3.63, 3.8) is 0 Å². The Balaban J connectivity index is 1.87. The zero-order valence-corrected chi connectivity index (χ0v) is 11.3. The van der Waals surface area contributed by atoms with Crippen LogP contribution in [0.5, 0.6) is 0 Å². The minimum absolute atomic E-state index is 0.0808. The molecule has 1 aromatic carbocycles. The van der Waals surface area contributed by atoms with E-state index in [1.54, 1.807) is 0 Å². The smallest absolute Gasteiger partial charge is 0.242 e. The Labute approximate surface area is 117 Å². The number of rotatable bonds is 4. The highest BCUT2D eigenvalue weighted by Gasteiger charge is 2.23. The SMILES string of the molecule is C/C(=N/NC(=O)C[C@H]1NCCNC1=O)c1ccccc1. The van der Waals surface area contributed by atoms with Gasteiger partial charge in [-0.3, -0.25) is 9.59 Å². The summed E-state index contributed by atoms with van der Waals surface area (Å²) in [6.45, 7) is 3.10. The third-order valence-corrected chi connectivity index (χ3v) is 3.06. The number of amides is 2. The largest absolute Gasteiger partial charge is 0.353 e. The number of hydrogen-bond acceptors (Lipinski definition) is 4. The summed E-state index contributed by atoms with van der Waals surface area (Å²) in [5.41, 5.74) is 4.15. The predicted octanol–water partition coefficient (Wildman–Crippen LogP) is 0.00490. The maximum absolute atomic E-state index is 11.8. The molecule has 2 amide bonds. The number of carbonyl (C=O) groups is 2. The van der Waals surface area contributed by atoms with Crippen LogP contribution in [0, 0.1) is 0 Å². The van der Waals surface area contributed by atoms with Crippen molar-refractivity contribution in [2.75, 3.05) is 13.1 Å². The Morgan fingerprint density at radius 1 is 1.35 bits per heavy atom. The van der Waals surface area contributed by atoms with Crippen molar-refractivity contribution in [3.8, 4) is 0 Å². The van der Waals surface area contributed by atoms with E-state index >= 15 is 0 Å². The standard InChI is InChI=1S/C14H18N4O2/c1-10(11-5-3-2-4-6-11)17-18-13(19)9-12-14(20)16-8-7-15-12/h2-6,12,15H,7-9H2,1H3,(H,16,20)(H,18,19)/b17-10-/t12-/m1/s1. The van der Waals surface area contributed by atoms with Gasteiger partial charge in [-0.1, -0.05) is 30.3 Å². The van der Waals surface area contributed by atoms with Crippen molar-refractivity contribution < 1.29 is 9.59 Å². The first-order valence-corrected chi connectivity index (χ1v) is 6.56. The molecular formula is C14H18N4O2. The molecule has 0 unspecified atom stereocenters. The van der Waals surface area contributed by atoms with Gasteiger partial charge in [0.25, 0.3) is 0 Å². The Morgan fingerprint density at radius 2 is 2.10 bits per heavy atom. The summed E-state index contributed by atoms with van der Waals surface area (Å²) in [6.07, 6.45) is 0.0808. The van der Waals surface area contributed by atoms with Crippen LogP contribution in [0.4, 0.5) is 0 Å². The van der Waals surface area contributed by atoms with Crippen LogP contribution < -0.4 is 16.1 Å². The molecule has 3 N–H and O–H groups in total. The molecule has 1 atom stereocenters. The summed E-state index contributed by atoms with van der Waals surface area (Å²) in [7, 11) is 0. The first-order valence-electron chi connectivity index (χ1n) is 6.56. The summed E-state index contributed by atoms with van der Waals surface area (Å²) < 4.78 is 0. The van der Waals surface area contributed by atoms with E-state index in [1.165, 1.54) is 0 Å². The molecular weight excluding hydrogens is 256 g/mol. The predicted molar refractivity (Wildman–Crippen MR) is 76.2 cm³/mol. The first-order chi connectivity index (χ1) is 9.66. The summed E-state index contributed by atoms with van der Waals surface area (Å²) in [5, 5.41) is 9.75. The second kappa shape index (κ2) is 6.81. The molecule has 0 aromatic heterocycles. The lowest BCUT2D eigenvalue weighted by Gasteiger charge is -2.22. The highest BCUT2D eigenvalue weighted by Crippen LogP contribution is 2.00. The van der Waals surface area contributed by atoms with Gasteiger partial charge in [-0.2, -0.15) is 5.10 Å². The van der Waals surface area contributed by atoms with Crippen LogP contribution in [-0.4, -0.2) is 36.7 Å². The summed E-state index contributed by atoms with van der Waals surface area (Å²) in [6, 6.07) is 9.10. The van der Waals surface area contributed by atoms with Gasteiger partial charge in [-0.05, 0) is 12.5 Å². The number of hydrazone groups is 1. The van der Waals surface area contributed by atoms with Gasteiger partial charge in [0.05, 0.1) is 18.2 Å². The molecule has 1 fully saturated rings. The monoisotopic (exact) mass is 274 g/mol. The van der Waals surface area contributed by atoms with E-state index in [1.807, 2.05) is 37.3 Å². The van der Waals surface area contributed by atoms with E-state index in [2.05, 4.69) is 21.2 Å². The van der Waals surface area contributed by atoms with E-state index < -0.39 is 6.04 Å². The number of carbonyl (C=O) groups excluding carboxylic acids is 2. The Kier molecular flexibility index (Phi) is 4.84. The number of benzene rings is 1. The molecule has 0 radical (unpaired) electrons. The molecule has 1 saturated heterocycles. The molecule has 1 aliphatic heterocycles. The van der Waals surface area contributed by atoms with Gasteiger partial charge in [0, 0.05) is 13.1 Å². The fraction of sp³-hybridized carbons (Fsp3) is 0.357. The molecule has 0 spiro atoms. The van der Waals surface area contributed by atoms with Crippen LogP contribution >= 0.6 is 0 Å². The Bertz CT molecular complexity index is 513. The van der Waals surface area contributed by atoms with Crippen molar-refractivity contribution in [1.82, 2.24) is 16.1 Å². The van der Waals surface area contributed by atoms with Crippen molar-refractivity contribution in [3.05, 3.63) is 35.9 Å². The fourth-order valence-electron chi connectivity index (χ4n) is 1.93. The minimum Gasteiger partial charge on any atom is -0.353 e. The van der Waals surface area contributed by atoms with Crippen LogP contribution in [0.1, 0.15) is 18.9 Å². The third-order valence-electron chi connectivity index (χ3n) is 3.06. The lowest BCUT2D eigenvalue weighted by atomic mass is 10.1. The molecule has 0 saturated carbocycles. The van der Waals surface area contributed by atoms with Crippen LogP contribution in [0.3, 0.4) is 0 Å². The zero-order chi connectivity index (χ0) is 14.4. The zero-order valence-electron chi connectivity index (χ0n) is 11.3. The van der Waals surface area contributed by atoms with Crippen LogP contribution in [0.2, 0.25) is 0 Å². The van der Waals surface area contributed by atoms with Crippen molar-refractivity contribution >= 4 is 17.5 Å². The van der Waals surface area contributed by atoms with Crippen LogP contribution in [0.15, 0.2) is 35.4 Å². The van der Waals surface area contributed by atoms with Crippen LogP contribution in [0.25, 0.3) is 0 Å². The van der Waals surface area contributed by atoms with Gasteiger partial charge >= 0.3 is 0 Å². The molecule has 106 valence electrons. The van der Waals surface area contributed by atoms with Gasteiger partial charge in [-0.15, -0.1) is 0 Å². The van der Waals surface area contributed by atoms with Gasteiger partial charge in [-0.25, -0.2) is 5.43 Å². The van der Waals surface area contributed by atoms with Gasteiger partial charge in [0.1, 0.15) is 0 Å². The molecule has 20 heavy (non-hydrogen) atoms. The number of nitrogens with one attached hydrogen (secondary N) is 3. The first kappa shape index (κ1) is 14.2. The molecule has 0 bridgehead atoms. The second-order valence-corrected chi connectivity index (χ2v) is 4.60. The van der Waals surface area contributed by atoms with E-state index in [9.17, 15) is 9.59 Å². The van der Waals surface area contributed by atoms with E-state index in [4.69, 9.17) is 0 Å². The lowest BCUT2D eigenvalue weighted by molar-refractivity contribution is -0.129. The summed E-state index contributed by atoms with van der Waals surface area (Å²) in [5.74, 6) is -0.426. The van der Waals surface area contributed by atoms with Crippen molar-refractivity contribution in [2.45, 2.75) is 19.4 Å². The second-order valence-electron chi connectivity index (χ2n) is 4.60. The van der Waals surface area contributed by atoms with Gasteiger partial charge in [0.2, 0.25) is 11.8 Å². The molecule has 1 heterocycles. The average molecular weight is 274 g/mol. The highest BCUT2D eigenvalue weighted by atomic mass is 16.2. The topological polar surface area (TPSA) is 82.6 Å². The normalized spacial score (nSPS) is 19.4. The fourth-order valence-corrected chi connectivity index (χ4v) is 1.93. The highest BCUT2D eigenvalue weighted by molar-refractivity contribution is 5.99. The lowest BCUT2D eigenvalue weighted by Crippen LogP contribution is -2.54. The number of hydrogen-bond donors (Lipinski definition) is 3. The molecule has 1 aromatic rings. The van der Waals surface area contributed by atoms with Gasteiger partial charge < -0.3 is 10.6 Å². The van der Waals surface area contributed by atoms with Gasteiger partial charge in [0.15, 0.2) is 0 Å². The quantitative estimate of drug-likeness (QED) is 0.534. The maximum Gasteiger partial charge on any atom is 0.242 e. The van der Waals surface area contributed by atoms with Crippen LogP contribution in [-0.2, 0) is 9.59 Å². The molecule has 6 heteroatoms. The van der Waals surface area contributed by atoms with Crippen molar-refractivity contribution in [1.29, 1.82) is 0 Å². The summed E-state index contributed by atoms with van der Waals surface area (Å²) >= 11 is 0. The molecule has 0 aliphatic carbocycles. The minimum atomic E-state index is -0.476. The van der Waals surface area contributed by atoms with Crippen molar-refractivity contribution in [2.24, 2.45) is 5.10 Å². The number of nitrogens with zero attached hydrogens (tertiary/aromatic N) is 1. The Hall–Kier alpha value is -2.21. The van der Waals surface area contributed by atoms with E-state index in [0.717, 1.165) is 11.3 Å². The molecule has 1 aliphatic rings. The maximum atomic E-state index is 11.8. The Morgan fingerprint density at radius 3 is 2.80 bits per heavy atom. The number of piperazine rings is 1. The summed E-state index contributed by atoms with van der Waals surface area (Å²) in [4.78, 5) is 23.3. The molecule has 2 rings (SSSR count). The third kappa shape index (κ3) is 3.89. The molecule has 6 nitrogen and oxygen atoms in total.